The van der Waals surface area contributed by atoms with Gasteiger partial charge in [-0.2, -0.15) is 0 Å². The molecule has 0 amide bonds. The van der Waals surface area contributed by atoms with Crippen molar-refractivity contribution in [1.29, 1.82) is 0 Å². The molecule has 1 nitrogen and oxygen atoms in total. The van der Waals surface area contributed by atoms with Gasteiger partial charge in [0.1, 0.15) is 0 Å². The van der Waals surface area contributed by atoms with E-state index < -0.39 is 0 Å². The third-order valence-electron chi connectivity index (χ3n) is 4.98. The van der Waals surface area contributed by atoms with Crippen LogP contribution in [0.2, 0.25) is 0 Å². The van der Waals surface area contributed by atoms with E-state index in [-0.39, 0.29) is 5.41 Å². The van der Waals surface area contributed by atoms with E-state index in [2.05, 4.69) is 99.1 Å². The monoisotopic (exact) mass is 313 g/mol. The van der Waals surface area contributed by atoms with Crippen molar-refractivity contribution in [1.82, 2.24) is 4.57 Å². The fourth-order valence-electron chi connectivity index (χ4n) is 3.49. The maximum absolute atomic E-state index is 2.34. The van der Waals surface area contributed by atoms with Crippen LogP contribution in [0.25, 0.3) is 32.9 Å². The van der Waals surface area contributed by atoms with Crippen molar-refractivity contribution in [2.24, 2.45) is 7.05 Å². The summed E-state index contributed by atoms with van der Waals surface area (Å²) < 4.78 is 2.31. The number of benzene rings is 3. The molecule has 0 saturated heterocycles. The van der Waals surface area contributed by atoms with Gasteiger partial charge in [-0.15, -0.1) is 0 Å². The molecule has 0 fully saturated rings. The van der Waals surface area contributed by atoms with E-state index >= 15 is 0 Å². The van der Waals surface area contributed by atoms with Crippen molar-refractivity contribution in [3.05, 3.63) is 72.3 Å². The first-order valence-electron chi connectivity index (χ1n) is 8.53. The predicted octanol–water partition coefficient (Wildman–Crippen LogP) is 6.30. The topological polar surface area (TPSA) is 4.93 Å². The van der Waals surface area contributed by atoms with Gasteiger partial charge in [0.05, 0.1) is 0 Å². The largest absolute Gasteiger partial charge is 0.344 e. The second kappa shape index (κ2) is 5.24. The van der Waals surface area contributed by atoms with Gasteiger partial charge >= 0.3 is 0 Å². The van der Waals surface area contributed by atoms with Crippen LogP contribution in [0.5, 0.6) is 0 Å². The van der Waals surface area contributed by atoms with Gasteiger partial charge in [-0.1, -0.05) is 69.3 Å². The molecule has 0 N–H and O–H groups in total. The molecular weight excluding hydrogens is 290 g/mol. The minimum absolute atomic E-state index is 0.167. The van der Waals surface area contributed by atoms with E-state index in [4.69, 9.17) is 0 Å². The van der Waals surface area contributed by atoms with Gasteiger partial charge < -0.3 is 4.57 Å². The lowest BCUT2D eigenvalue weighted by Gasteiger charge is -2.19. The van der Waals surface area contributed by atoms with Gasteiger partial charge in [0, 0.05) is 28.9 Å². The molecular formula is C23H23N. The highest BCUT2D eigenvalue weighted by molar-refractivity contribution is 6.09. The van der Waals surface area contributed by atoms with Gasteiger partial charge in [-0.25, -0.2) is 0 Å². The fourth-order valence-corrected chi connectivity index (χ4v) is 3.49. The van der Waals surface area contributed by atoms with Gasteiger partial charge in [-0.05, 0) is 40.3 Å². The SMILES string of the molecule is Cn1c2ccc(-c3ccccc3)cc2c2ccc(C(C)(C)C)cc21. The minimum atomic E-state index is 0.167. The Morgan fingerprint density at radius 1 is 0.667 bits per heavy atom. The van der Waals surface area contributed by atoms with Crippen LogP contribution in [0.3, 0.4) is 0 Å². The predicted molar refractivity (Wildman–Crippen MR) is 105 cm³/mol. The molecule has 24 heavy (non-hydrogen) atoms. The Balaban J connectivity index is 1.99. The summed E-state index contributed by atoms with van der Waals surface area (Å²) in [6, 6.07) is 24.3. The number of hydrogen-bond acceptors (Lipinski definition) is 0. The summed E-state index contributed by atoms with van der Waals surface area (Å²) in [5, 5.41) is 2.66. The molecule has 1 heteroatoms. The zero-order valence-electron chi connectivity index (χ0n) is 14.8. The molecule has 120 valence electrons. The normalized spacial score (nSPS) is 12.2. The first-order chi connectivity index (χ1) is 11.4. The van der Waals surface area contributed by atoms with Crippen LogP contribution in [-0.2, 0) is 12.5 Å². The van der Waals surface area contributed by atoms with Crippen LogP contribution < -0.4 is 0 Å². The Morgan fingerprint density at radius 2 is 1.42 bits per heavy atom. The van der Waals surface area contributed by atoms with Crippen molar-refractivity contribution in [3.8, 4) is 11.1 Å². The molecule has 0 atom stereocenters. The molecule has 0 spiro atoms. The van der Waals surface area contributed by atoms with Crippen LogP contribution in [0.1, 0.15) is 26.3 Å². The molecule has 0 aliphatic rings. The summed E-state index contributed by atoms with van der Waals surface area (Å²) in [6.07, 6.45) is 0. The van der Waals surface area contributed by atoms with Crippen molar-refractivity contribution in [3.63, 3.8) is 0 Å². The number of aryl methyl sites for hydroxylation is 1. The zero-order chi connectivity index (χ0) is 16.9. The van der Waals surface area contributed by atoms with Crippen molar-refractivity contribution < 1.29 is 0 Å². The molecule has 3 aromatic carbocycles. The first kappa shape index (κ1) is 15.0. The third-order valence-corrected chi connectivity index (χ3v) is 4.98. The highest BCUT2D eigenvalue weighted by atomic mass is 14.9. The second-order valence-electron chi connectivity index (χ2n) is 7.64. The average molecular weight is 313 g/mol. The molecule has 0 aliphatic heterocycles. The fraction of sp³-hybridized carbons (Fsp3) is 0.217. The van der Waals surface area contributed by atoms with Gasteiger partial charge in [-0.3, -0.25) is 0 Å². The molecule has 0 saturated carbocycles. The quantitative estimate of drug-likeness (QED) is 0.389. The van der Waals surface area contributed by atoms with E-state index in [1.807, 2.05) is 0 Å². The van der Waals surface area contributed by atoms with Gasteiger partial charge in [0.15, 0.2) is 0 Å². The Hall–Kier alpha value is -2.54. The van der Waals surface area contributed by atoms with E-state index in [0.29, 0.717) is 0 Å². The van der Waals surface area contributed by atoms with Crippen LogP contribution >= 0.6 is 0 Å². The average Bonchev–Trinajstić information content (AvgIpc) is 2.87. The summed E-state index contributed by atoms with van der Waals surface area (Å²) in [7, 11) is 2.17. The number of fused-ring (bicyclic) bond motifs is 3. The van der Waals surface area contributed by atoms with E-state index in [1.165, 1.54) is 38.5 Å². The maximum atomic E-state index is 2.34. The molecule has 0 aliphatic carbocycles. The van der Waals surface area contributed by atoms with Crippen LogP contribution in [-0.4, -0.2) is 4.57 Å². The summed E-state index contributed by atoms with van der Waals surface area (Å²) in [6.45, 7) is 6.80. The standard InChI is InChI=1S/C23H23N/c1-23(2,3)18-11-12-19-20-14-17(16-8-6-5-7-9-16)10-13-21(20)24(4)22(19)15-18/h5-15H,1-4H3. The van der Waals surface area contributed by atoms with Gasteiger partial charge in [0.2, 0.25) is 0 Å². The summed E-state index contributed by atoms with van der Waals surface area (Å²) in [5.41, 5.74) is 6.68. The third kappa shape index (κ3) is 2.32. The molecule has 0 unspecified atom stereocenters. The molecule has 0 radical (unpaired) electrons. The first-order valence-corrected chi connectivity index (χ1v) is 8.53. The molecule has 4 aromatic rings. The molecule has 0 bridgehead atoms. The van der Waals surface area contributed by atoms with Crippen LogP contribution in [0, 0.1) is 0 Å². The van der Waals surface area contributed by atoms with E-state index in [0.717, 1.165) is 0 Å². The highest BCUT2D eigenvalue weighted by Crippen LogP contribution is 2.34. The molecule has 1 aromatic heterocycles. The Kier molecular flexibility index (Phi) is 3.28. The number of nitrogens with zero attached hydrogens (tertiary/aromatic N) is 1. The maximum Gasteiger partial charge on any atom is 0.0491 e. The van der Waals surface area contributed by atoms with E-state index in [9.17, 15) is 0 Å². The van der Waals surface area contributed by atoms with Crippen molar-refractivity contribution >= 4 is 21.8 Å². The van der Waals surface area contributed by atoms with Crippen molar-refractivity contribution in [2.45, 2.75) is 26.2 Å². The van der Waals surface area contributed by atoms with E-state index in [1.54, 1.807) is 0 Å². The smallest absolute Gasteiger partial charge is 0.0491 e. The lowest BCUT2D eigenvalue weighted by atomic mass is 9.86. The van der Waals surface area contributed by atoms with Crippen LogP contribution in [0.15, 0.2) is 66.7 Å². The molecule has 1 heterocycles. The second-order valence-corrected chi connectivity index (χ2v) is 7.64. The number of aromatic nitrogens is 1. The highest BCUT2D eigenvalue weighted by Gasteiger charge is 2.16. The van der Waals surface area contributed by atoms with Crippen LogP contribution in [0.4, 0.5) is 0 Å². The van der Waals surface area contributed by atoms with Crippen molar-refractivity contribution in [2.75, 3.05) is 0 Å². The Bertz CT molecular complexity index is 1030. The summed E-state index contributed by atoms with van der Waals surface area (Å²) >= 11 is 0. The lowest BCUT2D eigenvalue weighted by Crippen LogP contribution is -2.10. The lowest BCUT2D eigenvalue weighted by molar-refractivity contribution is 0.591. The Morgan fingerprint density at radius 3 is 2.12 bits per heavy atom. The summed E-state index contributed by atoms with van der Waals surface area (Å²) in [5.74, 6) is 0. The van der Waals surface area contributed by atoms with Gasteiger partial charge in [0.25, 0.3) is 0 Å². The minimum Gasteiger partial charge on any atom is -0.344 e. The zero-order valence-corrected chi connectivity index (χ0v) is 14.8. The Labute approximate surface area is 143 Å². The summed E-state index contributed by atoms with van der Waals surface area (Å²) in [4.78, 5) is 0. The molecule has 4 rings (SSSR count). The number of hydrogen-bond donors (Lipinski definition) is 0. The number of rotatable bonds is 1.